The van der Waals surface area contributed by atoms with Gasteiger partial charge in [-0.3, -0.25) is 4.99 Å². The first-order valence-electron chi connectivity index (χ1n) is 8.38. The molecule has 1 heterocycles. The minimum absolute atomic E-state index is 0.483. The Balaban J connectivity index is 1.91. The van der Waals surface area contributed by atoms with E-state index in [2.05, 4.69) is 32.7 Å². The molecule has 0 saturated heterocycles. The van der Waals surface area contributed by atoms with Crippen LogP contribution in [0, 0.1) is 6.92 Å². The smallest absolute Gasteiger partial charge is 0.191 e. The molecule has 2 rings (SSSR count). The molecule has 1 aromatic heterocycles. The van der Waals surface area contributed by atoms with E-state index in [1.165, 1.54) is 0 Å². The topological polar surface area (TPSA) is 67.8 Å². The lowest BCUT2D eigenvalue weighted by atomic mass is 10.1. The molecule has 0 spiro atoms. The van der Waals surface area contributed by atoms with Crippen molar-refractivity contribution in [3.05, 3.63) is 58.4 Å². The maximum atomic E-state index is 5.82. The maximum Gasteiger partial charge on any atom is 0.191 e. The average Bonchev–Trinajstić information content (AvgIpc) is 2.65. The van der Waals surface area contributed by atoms with Gasteiger partial charge in [-0.1, -0.05) is 29.8 Å². The monoisotopic (exact) mass is 376 g/mol. The summed E-state index contributed by atoms with van der Waals surface area (Å²) in [5.74, 6) is 1.55. The summed E-state index contributed by atoms with van der Waals surface area (Å²) in [5, 5.41) is 7.04. The lowest BCUT2D eigenvalue weighted by Gasteiger charge is -2.15. The number of halogens is 1. The molecule has 0 atom stereocenters. The lowest BCUT2D eigenvalue weighted by molar-refractivity contribution is 0.145. The molecule has 140 valence electrons. The van der Waals surface area contributed by atoms with Crippen LogP contribution in [0.4, 0.5) is 0 Å². The van der Waals surface area contributed by atoms with E-state index in [1.54, 1.807) is 26.4 Å². The number of rotatable bonds is 8. The molecule has 0 aliphatic carbocycles. The van der Waals surface area contributed by atoms with Gasteiger partial charge in [-0.2, -0.15) is 0 Å². The van der Waals surface area contributed by atoms with Crippen molar-refractivity contribution in [2.24, 2.45) is 4.99 Å². The molecule has 2 aromatic rings. The Hall–Kier alpha value is -2.31. The second kappa shape index (κ2) is 10.6. The van der Waals surface area contributed by atoms with Crippen LogP contribution in [0.1, 0.15) is 16.7 Å². The number of ether oxygens (including phenoxy) is 2. The van der Waals surface area contributed by atoms with Gasteiger partial charge in [0, 0.05) is 39.0 Å². The number of hydrogen-bond donors (Lipinski definition) is 2. The molecule has 0 fully saturated rings. The number of aliphatic imine (C=N–C) groups is 1. The summed E-state index contributed by atoms with van der Waals surface area (Å²) in [6.45, 7) is 4.32. The molecular formula is C19H25ClN4O2. The van der Waals surface area contributed by atoms with Crippen LogP contribution in [0.3, 0.4) is 0 Å². The largest absolute Gasteiger partial charge is 0.491 e. The predicted octanol–water partition coefficient (Wildman–Crippen LogP) is 2.93. The molecule has 1 aromatic carbocycles. The Bertz CT molecular complexity index is 720. The van der Waals surface area contributed by atoms with E-state index < -0.39 is 0 Å². The van der Waals surface area contributed by atoms with Crippen molar-refractivity contribution in [3.63, 3.8) is 0 Å². The van der Waals surface area contributed by atoms with Crippen LogP contribution in [-0.2, 0) is 17.8 Å². The van der Waals surface area contributed by atoms with Crippen molar-refractivity contribution < 1.29 is 9.47 Å². The minimum atomic E-state index is 0.483. The van der Waals surface area contributed by atoms with Crippen LogP contribution in [0.5, 0.6) is 5.75 Å². The van der Waals surface area contributed by atoms with Gasteiger partial charge >= 0.3 is 0 Å². The zero-order valence-electron chi connectivity index (χ0n) is 15.4. The SMILES string of the molecule is CN=C(NCc1ccc(Cl)nc1)NCc1ccc(C)cc1OCCOC. The van der Waals surface area contributed by atoms with E-state index in [0.29, 0.717) is 37.4 Å². The second-order valence-electron chi connectivity index (χ2n) is 5.72. The number of benzene rings is 1. The molecule has 0 aliphatic rings. The normalized spacial score (nSPS) is 11.3. The highest BCUT2D eigenvalue weighted by atomic mass is 35.5. The van der Waals surface area contributed by atoms with Gasteiger partial charge in [0.2, 0.25) is 0 Å². The number of hydrogen-bond acceptors (Lipinski definition) is 4. The third-order valence-corrected chi connectivity index (χ3v) is 3.91. The summed E-state index contributed by atoms with van der Waals surface area (Å²) in [5.41, 5.74) is 3.23. The number of methoxy groups -OCH3 is 1. The molecular weight excluding hydrogens is 352 g/mol. The highest BCUT2D eigenvalue weighted by Gasteiger charge is 2.06. The van der Waals surface area contributed by atoms with Crippen LogP contribution in [-0.4, -0.2) is 38.3 Å². The first-order chi connectivity index (χ1) is 12.6. The van der Waals surface area contributed by atoms with Gasteiger partial charge in [-0.15, -0.1) is 0 Å². The van der Waals surface area contributed by atoms with Crippen molar-refractivity contribution in [1.82, 2.24) is 15.6 Å². The fraction of sp³-hybridized carbons (Fsp3) is 0.368. The summed E-state index contributed by atoms with van der Waals surface area (Å²) in [6, 6.07) is 9.85. The average molecular weight is 377 g/mol. The van der Waals surface area contributed by atoms with Crippen molar-refractivity contribution >= 4 is 17.6 Å². The van der Waals surface area contributed by atoms with Gasteiger partial charge in [0.15, 0.2) is 5.96 Å². The standard InChI is InChI=1S/C19H25ClN4O2/c1-14-4-6-16(17(10-14)26-9-8-25-3)13-24-19(21-2)23-12-15-5-7-18(20)22-11-15/h4-7,10-11H,8-9,12-13H2,1-3H3,(H2,21,23,24). The number of nitrogens with one attached hydrogen (secondary N) is 2. The van der Waals surface area contributed by atoms with Gasteiger partial charge in [-0.25, -0.2) is 4.98 Å². The van der Waals surface area contributed by atoms with Crippen molar-refractivity contribution in [2.75, 3.05) is 27.4 Å². The van der Waals surface area contributed by atoms with Crippen molar-refractivity contribution in [1.29, 1.82) is 0 Å². The van der Waals surface area contributed by atoms with E-state index in [4.69, 9.17) is 21.1 Å². The molecule has 0 amide bonds. The number of guanidine groups is 1. The van der Waals surface area contributed by atoms with E-state index in [1.807, 2.05) is 19.1 Å². The minimum Gasteiger partial charge on any atom is -0.491 e. The highest BCUT2D eigenvalue weighted by Crippen LogP contribution is 2.20. The van der Waals surface area contributed by atoms with Gasteiger partial charge < -0.3 is 20.1 Å². The third kappa shape index (κ3) is 6.54. The Kier molecular flexibility index (Phi) is 8.18. The molecule has 0 aliphatic heterocycles. The second-order valence-corrected chi connectivity index (χ2v) is 6.11. The molecule has 26 heavy (non-hydrogen) atoms. The Labute approximate surface area is 159 Å². The number of pyridine rings is 1. The van der Waals surface area contributed by atoms with Gasteiger partial charge in [0.25, 0.3) is 0 Å². The zero-order valence-corrected chi connectivity index (χ0v) is 16.1. The zero-order chi connectivity index (χ0) is 18.8. The fourth-order valence-electron chi connectivity index (χ4n) is 2.27. The molecule has 0 unspecified atom stereocenters. The van der Waals surface area contributed by atoms with Crippen molar-refractivity contribution in [2.45, 2.75) is 20.0 Å². The Morgan fingerprint density at radius 2 is 1.96 bits per heavy atom. The van der Waals surface area contributed by atoms with E-state index in [-0.39, 0.29) is 0 Å². The van der Waals surface area contributed by atoms with Crippen molar-refractivity contribution in [3.8, 4) is 5.75 Å². The summed E-state index contributed by atoms with van der Waals surface area (Å²) >= 11 is 5.80. The summed E-state index contributed by atoms with van der Waals surface area (Å²) in [6.07, 6.45) is 1.74. The van der Waals surface area contributed by atoms with Gasteiger partial charge in [0.1, 0.15) is 17.5 Å². The summed E-state index contributed by atoms with van der Waals surface area (Å²) in [7, 11) is 3.40. The Morgan fingerprint density at radius 1 is 1.15 bits per heavy atom. The van der Waals surface area contributed by atoms with Crippen LogP contribution in [0.15, 0.2) is 41.5 Å². The molecule has 2 N–H and O–H groups in total. The molecule has 0 bridgehead atoms. The first-order valence-corrected chi connectivity index (χ1v) is 8.76. The van der Waals surface area contributed by atoms with E-state index >= 15 is 0 Å². The summed E-state index contributed by atoms with van der Waals surface area (Å²) < 4.78 is 10.9. The number of nitrogens with zero attached hydrogens (tertiary/aromatic N) is 2. The van der Waals surface area contributed by atoms with E-state index in [0.717, 1.165) is 22.4 Å². The molecule has 6 nitrogen and oxygen atoms in total. The molecule has 0 radical (unpaired) electrons. The summed E-state index contributed by atoms with van der Waals surface area (Å²) in [4.78, 5) is 8.32. The van der Waals surface area contributed by atoms with Crippen LogP contribution < -0.4 is 15.4 Å². The van der Waals surface area contributed by atoms with Crippen LogP contribution in [0.25, 0.3) is 0 Å². The number of aryl methyl sites for hydroxylation is 1. The molecule has 0 saturated carbocycles. The van der Waals surface area contributed by atoms with Gasteiger partial charge in [-0.05, 0) is 30.2 Å². The third-order valence-electron chi connectivity index (χ3n) is 3.69. The highest BCUT2D eigenvalue weighted by molar-refractivity contribution is 6.29. The maximum absolute atomic E-state index is 5.82. The first kappa shape index (κ1) is 20.0. The lowest BCUT2D eigenvalue weighted by Crippen LogP contribution is -2.36. The predicted molar refractivity (Wildman–Crippen MR) is 105 cm³/mol. The molecule has 7 heteroatoms. The Morgan fingerprint density at radius 3 is 2.65 bits per heavy atom. The van der Waals surface area contributed by atoms with Gasteiger partial charge in [0.05, 0.1) is 6.61 Å². The van der Waals surface area contributed by atoms with Crippen LogP contribution >= 0.6 is 11.6 Å². The van der Waals surface area contributed by atoms with E-state index in [9.17, 15) is 0 Å². The van der Waals surface area contributed by atoms with Crippen LogP contribution in [0.2, 0.25) is 5.15 Å². The number of aromatic nitrogens is 1. The fourth-order valence-corrected chi connectivity index (χ4v) is 2.39. The quantitative estimate of drug-likeness (QED) is 0.321.